The maximum absolute atomic E-state index is 6.40. The van der Waals surface area contributed by atoms with E-state index >= 15 is 0 Å². The van der Waals surface area contributed by atoms with Gasteiger partial charge in [0.2, 0.25) is 0 Å². The number of aromatic nitrogens is 3. The molecule has 0 amide bonds. The summed E-state index contributed by atoms with van der Waals surface area (Å²) in [7, 11) is 0. The van der Waals surface area contributed by atoms with Crippen molar-refractivity contribution >= 4 is 28.3 Å². The standard InChI is InChI=1S/C17H17ClN4/c1-10-2-7-15-13(8-10)16(19)14-9-20-22(17(14)21-15)12-5-3-11(18)4-6-12/h3-6,9-10H,2,7-8H2,1H3,(H2,19,21). The van der Waals surface area contributed by atoms with E-state index in [0.29, 0.717) is 10.9 Å². The first-order valence-corrected chi connectivity index (χ1v) is 7.92. The van der Waals surface area contributed by atoms with Crippen LogP contribution in [0.1, 0.15) is 24.6 Å². The highest BCUT2D eigenvalue weighted by molar-refractivity contribution is 6.30. The van der Waals surface area contributed by atoms with Gasteiger partial charge in [0.15, 0.2) is 5.65 Å². The van der Waals surface area contributed by atoms with Crippen LogP contribution < -0.4 is 5.73 Å². The van der Waals surface area contributed by atoms with Gasteiger partial charge in [-0.25, -0.2) is 9.67 Å². The van der Waals surface area contributed by atoms with Crippen LogP contribution in [0, 0.1) is 5.92 Å². The molecule has 0 fully saturated rings. The number of pyridine rings is 1. The Morgan fingerprint density at radius 3 is 2.82 bits per heavy atom. The molecule has 112 valence electrons. The minimum atomic E-state index is 0.667. The first kappa shape index (κ1) is 13.6. The Morgan fingerprint density at radius 1 is 1.27 bits per heavy atom. The fourth-order valence-electron chi connectivity index (χ4n) is 3.19. The molecule has 0 radical (unpaired) electrons. The predicted molar refractivity (Wildman–Crippen MR) is 89.5 cm³/mol. The first-order valence-electron chi connectivity index (χ1n) is 7.54. The summed E-state index contributed by atoms with van der Waals surface area (Å²) in [5, 5.41) is 6.12. The van der Waals surface area contributed by atoms with Crippen LogP contribution in [0.2, 0.25) is 5.02 Å². The highest BCUT2D eigenvalue weighted by Crippen LogP contribution is 2.33. The van der Waals surface area contributed by atoms with Gasteiger partial charge in [-0.15, -0.1) is 0 Å². The number of rotatable bonds is 1. The van der Waals surface area contributed by atoms with Crippen molar-refractivity contribution in [2.45, 2.75) is 26.2 Å². The summed E-state index contributed by atoms with van der Waals surface area (Å²) in [4.78, 5) is 4.86. The quantitative estimate of drug-likeness (QED) is 0.744. The van der Waals surface area contributed by atoms with Gasteiger partial charge in [0, 0.05) is 16.4 Å². The second kappa shape index (κ2) is 4.99. The Labute approximate surface area is 133 Å². The molecule has 1 aromatic carbocycles. The van der Waals surface area contributed by atoms with Crippen molar-refractivity contribution in [2.75, 3.05) is 5.73 Å². The van der Waals surface area contributed by atoms with Crippen molar-refractivity contribution in [2.24, 2.45) is 5.92 Å². The molecule has 0 bridgehead atoms. The number of nitrogens with zero attached hydrogens (tertiary/aromatic N) is 3. The molecule has 1 aliphatic rings. The van der Waals surface area contributed by atoms with Gasteiger partial charge in [-0.1, -0.05) is 18.5 Å². The van der Waals surface area contributed by atoms with E-state index in [0.717, 1.165) is 40.9 Å². The van der Waals surface area contributed by atoms with E-state index in [1.165, 1.54) is 12.0 Å². The lowest BCUT2D eigenvalue weighted by molar-refractivity contribution is 0.496. The number of fused-ring (bicyclic) bond motifs is 2. The van der Waals surface area contributed by atoms with Gasteiger partial charge in [0.25, 0.3) is 0 Å². The number of anilines is 1. The second-order valence-electron chi connectivity index (χ2n) is 6.07. The van der Waals surface area contributed by atoms with Crippen LogP contribution in [0.3, 0.4) is 0 Å². The molecule has 0 saturated heterocycles. The molecule has 2 heterocycles. The van der Waals surface area contributed by atoms with Crippen LogP contribution in [0.4, 0.5) is 5.69 Å². The molecule has 4 nitrogen and oxygen atoms in total. The van der Waals surface area contributed by atoms with Crippen molar-refractivity contribution in [3.05, 3.63) is 46.7 Å². The van der Waals surface area contributed by atoms with Crippen LogP contribution in [0.25, 0.3) is 16.7 Å². The number of halogens is 1. The third-order valence-electron chi connectivity index (χ3n) is 4.45. The van der Waals surface area contributed by atoms with Crippen LogP contribution in [0.15, 0.2) is 30.5 Å². The predicted octanol–water partition coefficient (Wildman–Crippen LogP) is 3.78. The van der Waals surface area contributed by atoms with Crippen molar-refractivity contribution in [1.82, 2.24) is 14.8 Å². The zero-order valence-corrected chi connectivity index (χ0v) is 13.1. The Balaban J connectivity index is 1.92. The third kappa shape index (κ3) is 2.06. The van der Waals surface area contributed by atoms with Crippen molar-refractivity contribution in [3.8, 4) is 5.69 Å². The molecule has 0 aliphatic heterocycles. The summed E-state index contributed by atoms with van der Waals surface area (Å²) in [6.45, 7) is 2.27. The maximum Gasteiger partial charge on any atom is 0.165 e. The Hall–Kier alpha value is -2.07. The summed E-state index contributed by atoms with van der Waals surface area (Å²) in [5.41, 5.74) is 11.3. The number of hydrogen-bond donors (Lipinski definition) is 1. The van der Waals surface area contributed by atoms with E-state index in [1.807, 2.05) is 35.1 Å². The molecule has 22 heavy (non-hydrogen) atoms. The Morgan fingerprint density at radius 2 is 2.05 bits per heavy atom. The van der Waals surface area contributed by atoms with E-state index in [2.05, 4.69) is 12.0 Å². The molecule has 3 aromatic rings. The number of aryl methyl sites for hydroxylation is 1. The van der Waals surface area contributed by atoms with E-state index in [1.54, 1.807) is 0 Å². The molecule has 5 heteroatoms. The van der Waals surface area contributed by atoms with Gasteiger partial charge in [0.1, 0.15) is 0 Å². The SMILES string of the molecule is CC1CCc2nc3c(cnn3-c3ccc(Cl)cc3)c(N)c2C1. The van der Waals surface area contributed by atoms with Crippen LogP contribution in [0.5, 0.6) is 0 Å². The number of hydrogen-bond acceptors (Lipinski definition) is 3. The van der Waals surface area contributed by atoms with Crippen molar-refractivity contribution < 1.29 is 0 Å². The molecular formula is C17H17ClN4. The largest absolute Gasteiger partial charge is 0.398 e. The molecule has 1 unspecified atom stereocenters. The first-order chi connectivity index (χ1) is 10.6. The molecule has 1 atom stereocenters. The van der Waals surface area contributed by atoms with E-state index in [4.69, 9.17) is 22.3 Å². The summed E-state index contributed by atoms with van der Waals surface area (Å²) in [5.74, 6) is 0.667. The van der Waals surface area contributed by atoms with Gasteiger partial charge in [-0.05, 0) is 55.0 Å². The molecule has 2 aromatic heterocycles. The maximum atomic E-state index is 6.40. The number of benzene rings is 1. The Bertz CT molecular complexity index is 851. The highest BCUT2D eigenvalue weighted by atomic mass is 35.5. The molecule has 0 spiro atoms. The minimum Gasteiger partial charge on any atom is -0.398 e. The molecule has 4 rings (SSSR count). The lowest BCUT2D eigenvalue weighted by atomic mass is 9.86. The van der Waals surface area contributed by atoms with Crippen molar-refractivity contribution in [1.29, 1.82) is 0 Å². The average molecular weight is 313 g/mol. The highest BCUT2D eigenvalue weighted by Gasteiger charge is 2.22. The molecule has 1 aliphatic carbocycles. The fourth-order valence-corrected chi connectivity index (χ4v) is 3.32. The third-order valence-corrected chi connectivity index (χ3v) is 4.70. The molecule has 2 N–H and O–H groups in total. The van der Waals surface area contributed by atoms with Crippen LogP contribution in [-0.4, -0.2) is 14.8 Å². The number of nitrogens with two attached hydrogens (primary N) is 1. The average Bonchev–Trinajstić information content (AvgIpc) is 2.93. The lowest BCUT2D eigenvalue weighted by Gasteiger charge is -2.22. The van der Waals surface area contributed by atoms with E-state index < -0.39 is 0 Å². The van der Waals surface area contributed by atoms with Crippen LogP contribution >= 0.6 is 11.6 Å². The topological polar surface area (TPSA) is 56.7 Å². The van der Waals surface area contributed by atoms with Gasteiger partial charge in [-0.3, -0.25) is 0 Å². The summed E-state index contributed by atoms with van der Waals surface area (Å²) in [6, 6.07) is 7.59. The van der Waals surface area contributed by atoms with E-state index in [-0.39, 0.29) is 0 Å². The normalized spacial score (nSPS) is 17.6. The monoisotopic (exact) mass is 312 g/mol. The summed E-state index contributed by atoms with van der Waals surface area (Å²) in [6.07, 6.45) is 4.98. The van der Waals surface area contributed by atoms with Gasteiger partial charge in [-0.2, -0.15) is 5.10 Å². The van der Waals surface area contributed by atoms with Crippen LogP contribution in [-0.2, 0) is 12.8 Å². The Kier molecular flexibility index (Phi) is 3.08. The number of nitrogen functional groups attached to an aromatic ring is 1. The smallest absolute Gasteiger partial charge is 0.165 e. The minimum absolute atomic E-state index is 0.667. The van der Waals surface area contributed by atoms with Gasteiger partial charge >= 0.3 is 0 Å². The lowest BCUT2D eigenvalue weighted by Crippen LogP contribution is -2.15. The second-order valence-corrected chi connectivity index (χ2v) is 6.51. The van der Waals surface area contributed by atoms with Gasteiger partial charge < -0.3 is 5.73 Å². The molecular weight excluding hydrogens is 296 g/mol. The summed E-state index contributed by atoms with van der Waals surface area (Å²) >= 11 is 5.96. The van der Waals surface area contributed by atoms with E-state index in [9.17, 15) is 0 Å². The fraction of sp³-hybridized carbons (Fsp3) is 0.294. The van der Waals surface area contributed by atoms with Gasteiger partial charge in [0.05, 0.1) is 17.3 Å². The zero-order valence-electron chi connectivity index (χ0n) is 12.4. The molecule has 0 saturated carbocycles. The van der Waals surface area contributed by atoms with Crippen molar-refractivity contribution in [3.63, 3.8) is 0 Å². The summed E-state index contributed by atoms with van der Waals surface area (Å²) < 4.78 is 1.83. The zero-order chi connectivity index (χ0) is 15.3.